The van der Waals surface area contributed by atoms with Gasteiger partial charge < -0.3 is 4.74 Å². The average molecular weight is 393 g/mol. The Bertz CT molecular complexity index is 915. The van der Waals surface area contributed by atoms with Gasteiger partial charge in [-0.25, -0.2) is 4.98 Å². The normalized spacial score (nSPS) is 10.9. The van der Waals surface area contributed by atoms with Crippen LogP contribution in [0.25, 0.3) is 21.3 Å². The summed E-state index contributed by atoms with van der Waals surface area (Å²) >= 11 is 4.81. The number of nitrogens with zero attached hydrogens (tertiary/aromatic N) is 2. The minimum absolute atomic E-state index is 0.134. The zero-order valence-electron chi connectivity index (χ0n) is 12.3. The van der Waals surface area contributed by atoms with Gasteiger partial charge in [0.2, 0.25) is 0 Å². The van der Waals surface area contributed by atoms with E-state index in [-0.39, 0.29) is 18.7 Å². The number of esters is 1. The third-order valence-corrected chi connectivity index (χ3v) is 4.74. The van der Waals surface area contributed by atoms with Crippen molar-refractivity contribution >= 4 is 43.5 Å². The predicted molar refractivity (Wildman–Crippen MR) is 93.6 cm³/mol. The first-order valence-electron chi connectivity index (χ1n) is 6.98. The molecule has 3 aromatic rings. The van der Waals surface area contributed by atoms with Gasteiger partial charge in [-0.1, -0.05) is 28.1 Å². The molecule has 0 saturated heterocycles. The van der Waals surface area contributed by atoms with Crippen molar-refractivity contribution in [1.29, 1.82) is 0 Å². The summed E-state index contributed by atoms with van der Waals surface area (Å²) in [5.74, 6) is -0.448. The van der Waals surface area contributed by atoms with Gasteiger partial charge in [-0.3, -0.25) is 14.2 Å². The topological polar surface area (TPSA) is 61.2 Å². The molecule has 0 bridgehead atoms. The van der Waals surface area contributed by atoms with Crippen LogP contribution >= 0.6 is 27.3 Å². The van der Waals surface area contributed by atoms with Crippen molar-refractivity contribution in [2.45, 2.75) is 13.5 Å². The summed E-state index contributed by atoms with van der Waals surface area (Å²) < 4.78 is 7.15. The van der Waals surface area contributed by atoms with E-state index in [4.69, 9.17) is 4.74 Å². The molecule has 118 valence electrons. The van der Waals surface area contributed by atoms with Crippen molar-refractivity contribution < 1.29 is 9.53 Å². The van der Waals surface area contributed by atoms with E-state index in [1.165, 1.54) is 22.2 Å². The molecule has 2 aromatic heterocycles. The summed E-state index contributed by atoms with van der Waals surface area (Å²) in [5.41, 5.74) is 1.53. The van der Waals surface area contributed by atoms with Gasteiger partial charge in [-0.15, -0.1) is 11.3 Å². The molecule has 0 saturated carbocycles. The van der Waals surface area contributed by atoms with E-state index < -0.39 is 5.97 Å². The SMILES string of the molecule is CCOC(=O)Cn1cnc2scc(-c3ccc(Br)cc3)c2c1=O. The van der Waals surface area contributed by atoms with E-state index in [1.54, 1.807) is 6.92 Å². The fourth-order valence-corrected chi connectivity index (χ4v) is 3.44. The first-order valence-corrected chi connectivity index (χ1v) is 8.65. The average Bonchev–Trinajstić information content (AvgIpc) is 2.96. The highest BCUT2D eigenvalue weighted by Gasteiger charge is 2.14. The van der Waals surface area contributed by atoms with E-state index in [9.17, 15) is 9.59 Å². The molecule has 0 spiro atoms. The van der Waals surface area contributed by atoms with Crippen molar-refractivity contribution in [3.8, 4) is 11.1 Å². The van der Waals surface area contributed by atoms with Crippen LogP contribution < -0.4 is 5.56 Å². The number of halogens is 1. The number of carbonyl (C=O) groups is 1. The second-order valence-electron chi connectivity index (χ2n) is 4.82. The number of hydrogen-bond acceptors (Lipinski definition) is 5. The Balaban J connectivity index is 2.09. The van der Waals surface area contributed by atoms with Crippen molar-refractivity contribution in [3.05, 3.63) is 50.8 Å². The molecule has 0 fully saturated rings. The lowest BCUT2D eigenvalue weighted by atomic mass is 10.1. The van der Waals surface area contributed by atoms with Gasteiger partial charge in [0.1, 0.15) is 11.4 Å². The van der Waals surface area contributed by atoms with Gasteiger partial charge in [0, 0.05) is 15.4 Å². The van der Waals surface area contributed by atoms with E-state index in [2.05, 4.69) is 20.9 Å². The molecule has 3 rings (SSSR count). The van der Waals surface area contributed by atoms with Gasteiger partial charge in [0.25, 0.3) is 5.56 Å². The molecule has 1 aromatic carbocycles. The number of rotatable bonds is 4. The number of aromatic nitrogens is 2. The summed E-state index contributed by atoms with van der Waals surface area (Å²) in [6.45, 7) is 1.88. The van der Waals surface area contributed by atoms with Gasteiger partial charge in [-0.2, -0.15) is 0 Å². The zero-order chi connectivity index (χ0) is 16.4. The minimum Gasteiger partial charge on any atom is -0.465 e. The second-order valence-corrected chi connectivity index (χ2v) is 6.59. The summed E-state index contributed by atoms with van der Waals surface area (Å²) in [6.07, 6.45) is 1.39. The van der Waals surface area contributed by atoms with E-state index in [0.29, 0.717) is 10.2 Å². The van der Waals surface area contributed by atoms with Crippen LogP contribution in [0.2, 0.25) is 0 Å². The zero-order valence-corrected chi connectivity index (χ0v) is 14.7. The number of thiophene rings is 1. The van der Waals surface area contributed by atoms with Crippen LogP contribution in [0, 0.1) is 0 Å². The molecular formula is C16H13BrN2O3S. The fourth-order valence-electron chi connectivity index (χ4n) is 2.27. The summed E-state index contributed by atoms with van der Waals surface area (Å²) in [4.78, 5) is 29.3. The smallest absolute Gasteiger partial charge is 0.326 e. The monoisotopic (exact) mass is 392 g/mol. The maximum Gasteiger partial charge on any atom is 0.326 e. The van der Waals surface area contributed by atoms with Crippen LogP contribution in [0.3, 0.4) is 0 Å². The van der Waals surface area contributed by atoms with E-state index in [1.807, 2.05) is 29.6 Å². The van der Waals surface area contributed by atoms with Gasteiger partial charge >= 0.3 is 5.97 Å². The molecule has 0 N–H and O–H groups in total. The summed E-state index contributed by atoms with van der Waals surface area (Å²) in [7, 11) is 0. The molecule has 0 radical (unpaired) electrons. The molecule has 0 amide bonds. The maximum atomic E-state index is 12.7. The molecule has 5 nitrogen and oxygen atoms in total. The Hall–Kier alpha value is -1.99. The lowest BCUT2D eigenvalue weighted by molar-refractivity contribution is -0.143. The molecule has 0 unspecified atom stereocenters. The van der Waals surface area contributed by atoms with Crippen LogP contribution in [-0.2, 0) is 16.1 Å². The maximum absolute atomic E-state index is 12.7. The molecular weight excluding hydrogens is 380 g/mol. The summed E-state index contributed by atoms with van der Waals surface area (Å²) in [6, 6.07) is 7.72. The highest BCUT2D eigenvalue weighted by Crippen LogP contribution is 2.31. The third kappa shape index (κ3) is 3.20. The Morgan fingerprint density at radius 3 is 2.78 bits per heavy atom. The van der Waals surface area contributed by atoms with Gasteiger partial charge in [0.15, 0.2) is 0 Å². The fraction of sp³-hybridized carbons (Fsp3) is 0.188. The van der Waals surface area contributed by atoms with E-state index in [0.717, 1.165) is 15.6 Å². The Morgan fingerprint density at radius 2 is 2.09 bits per heavy atom. The Kier molecular flexibility index (Phi) is 4.58. The quantitative estimate of drug-likeness (QED) is 0.637. The molecule has 2 heterocycles. The van der Waals surface area contributed by atoms with Crippen molar-refractivity contribution in [2.75, 3.05) is 6.61 Å². The first kappa shape index (κ1) is 15.9. The van der Waals surface area contributed by atoms with Gasteiger partial charge in [-0.05, 0) is 24.6 Å². The van der Waals surface area contributed by atoms with E-state index >= 15 is 0 Å². The number of ether oxygens (including phenoxy) is 1. The molecule has 23 heavy (non-hydrogen) atoms. The van der Waals surface area contributed by atoms with Crippen molar-refractivity contribution in [1.82, 2.24) is 9.55 Å². The lowest BCUT2D eigenvalue weighted by Gasteiger charge is -2.06. The third-order valence-electron chi connectivity index (χ3n) is 3.32. The largest absolute Gasteiger partial charge is 0.465 e. The predicted octanol–water partition coefficient (Wildman–Crippen LogP) is 3.45. The highest BCUT2D eigenvalue weighted by molar-refractivity contribution is 9.10. The lowest BCUT2D eigenvalue weighted by Crippen LogP contribution is -2.25. The second kappa shape index (κ2) is 6.64. The van der Waals surface area contributed by atoms with Gasteiger partial charge in [0.05, 0.1) is 18.3 Å². The standard InChI is InChI=1S/C16H13BrN2O3S/c1-2-22-13(20)7-19-9-18-15-14(16(19)21)12(8-23-15)10-3-5-11(17)6-4-10/h3-6,8-9H,2,7H2,1H3. The van der Waals surface area contributed by atoms with Crippen LogP contribution in [0.5, 0.6) is 0 Å². The summed E-state index contributed by atoms with van der Waals surface area (Å²) in [5, 5.41) is 2.45. The Morgan fingerprint density at radius 1 is 1.35 bits per heavy atom. The number of fused-ring (bicyclic) bond motifs is 1. The highest BCUT2D eigenvalue weighted by atomic mass is 79.9. The molecule has 0 aliphatic rings. The van der Waals surface area contributed by atoms with Crippen molar-refractivity contribution in [2.24, 2.45) is 0 Å². The van der Waals surface area contributed by atoms with Crippen molar-refractivity contribution in [3.63, 3.8) is 0 Å². The number of hydrogen-bond donors (Lipinski definition) is 0. The number of benzene rings is 1. The molecule has 0 aliphatic heterocycles. The Labute approximate surface area is 144 Å². The minimum atomic E-state index is -0.448. The molecule has 0 atom stereocenters. The van der Waals surface area contributed by atoms with Crippen LogP contribution in [-0.4, -0.2) is 22.1 Å². The first-order chi connectivity index (χ1) is 11.1. The van der Waals surface area contributed by atoms with Crippen LogP contribution in [0.4, 0.5) is 0 Å². The van der Waals surface area contributed by atoms with Crippen LogP contribution in [0.1, 0.15) is 6.92 Å². The van der Waals surface area contributed by atoms with Crippen LogP contribution in [0.15, 0.2) is 45.2 Å². The number of carbonyl (C=O) groups excluding carboxylic acids is 1. The molecule has 0 aliphatic carbocycles. The molecule has 7 heteroatoms.